The fourth-order valence-corrected chi connectivity index (χ4v) is 3.67. The number of nitrogens with zero attached hydrogens (tertiary/aromatic N) is 1. The van der Waals surface area contributed by atoms with Gasteiger partial charge in [0.05, 0.1) is 7.11 Å². The molecule has 0 N–H and O–H groups in total. The number of hydrogen-bond donors (Lipinski definition) is 0. The predicted molar refractivity (Wildman–Crippen MR) is 125 cm³/mol. The molecule has 0 saturated heterocycles. The lowest BCUT2D eigenvalue weighted by Gasteiger charge is -2.24. The highest BCUT2D eigenvalue weighted by Crippen LogP contribution is 2.27. The van der Waals surface area contributed by atoms with Gasteiger partial charge in [0.1, 0.15) is 5.75 Å². The van der Waals surface area contributed by atoms with Crippen LogP contribution in [0.2, 0.25) is 0 Å². The minimum Gasteiger partial charge on any atom is -0.497 e. The van der Waals surface area contributed by atoms with Crippen molar-refractivity contribution >= 4 is 5.91 Å². The summed E-state index contributed by atoms with van der Waals surface area (Å²) in [6.45, 7) is 1.09. The van der Waals surface area contributed by atoms with E-state index in [4.69, 9.17) is 4.74 Å². The van der Waals surface area contributed by atoms with E-state index in [0.29, 0.717) is 18.7 Å². The highest BCUT2D eigenvalue weighted by Gasteiger charge is 2.20. The maximum Gasteiger partial charge on any atom is 0.255 e. The number of carbonyl (C=O) groups is 1. The zero-order valence-corrected chi connectivity index (χ0v) is 17.6. The molecule has 0 aromatic heterocycles. The van der Waals surface area contributed by atoms with Crippen LogP contribution in [0.25, 0.3) is 11.1 Å². The van der Waals surface area contributed by atoms with Gasteiger partial charge in [0.25, 0.3) is 5.91 Å². The van der Waals surface area contributed by atoms with E-state index in [0.717, 1.165) is 28.0 Å². The van der Waals surface area contributed by atoms with Crippen molar-refractivity contribution in [1.29, 1.82) is 0 Å². The third kappa shape index (κ3) is 5.01. The van der Waals surface area contributed by atoms with E-state index < -0.39 is 0 Å². The van der Waals surface area contributed by atoms with Gasteiger partial charge in [0.15, 0.2) is 0 Å². The molecule has 0 spiro atoms. The molecular formula is C28H25NO2. The molecule has 4 rings (SSSR count). The van der Waals surface area contributed by atoms with Crippen molar-refractivity contribution in [2.45, 2.75) is 13.1 Å². The van der Waals surface area contributed by atoms with E-state index in [2.05, 4.69) is 24.3 Å². The van der Waals surface area contributed by atoms with Crippen LogP contribution in [-0.2, 0) is 13.1 Å². The lowest BCUT2D eigenvalue weighted by atomic mass is 9.98. The molecule has 0 aliphatic carbocycles. The summed E-state index contributed by atoms with van der Waals surface area (Å²) in [6.07, 6.45) is 0. The Hall–Kier alpha value is -3.85. The second-order valence-electron chi connectivity index (χ2n) is 7.41. The number of rotatable bonds is 7. The van der Waals surface area contributed by atoms with E-state index in [1.54, 1.807) is 7.11 Å². The summed E-state index contributed by atoms with van der Waals surface area (Å²) in [6, 6.07) is 35.8. The highest BCUT2D eigenvalue weighted by molar-refractivity contribution is 6.00. The fraction of sp³-hybridized carbons (Fsp3) is 0.107. The molecule has 0 saturated carbocycles. The first-order chi connectivity index (χ1) is 15.2. The van der Waals surface area contributed by atoms with E-state index in [9.17, 15) is 4.79 Å². The molecule has 0 aliphatic heterocycles. The normalized spacial score (nSPS) is 10.5. The Balaban J connectivity index is 1.69. The van der Waals surface area contributed by atoms with Gasteiger partial charge in [0.2, 0.25) is 0 Å². The van der Waals surface area contributed by atoms with E-state index in [1.807, 2.05) is 89.8 Å². The largest absolute Gasteiger partial charge is 0.497 e. The quantitative estimate of drug-likeness (QED) is 0.365. The van der Waals surface area contributed by atoms with Gasteiger partial charge in [-0.2, -0.15) is 0 Å². The average Bonchev–Trinajstić information content (AvgIpc) is 2.84. The average molecular weight is 408 g/mol. The zero-order valence-electron chi connectivity index (χ0n) is 17.6. The van der Waals surface area contributed by atoms with Crippen molar-refractivity contribution in [2.75, 3.05) is 7.11 Å². The Morgan fingerprint density at radius 3 is 1.74 bits per heavy atom. The Morgan fingerprint density at radius 2 is 1.19 bits per heavy atom. The summed E-state index contributed by atoms with van der Waals surface area (Å²) in [5.41, 5.74) is 4.81. The number of amides is 1. The summed E-state index contributed by atoms with van der Waals surface area (Å²) in [5, 5.41) is 0. The molecule has 0 radical (unpaired) electrons. The molecule has 31 heavy (non-hydrogen) atoms. The lowest BCUT2D eigenvalue weighted by molar-refractivity contribution is 0.0731. The third-order valence-corrected chi connectivity index (χ3v) is 5.28. The number of hydrogen-bond acceptors (Lipinski definition) is 2. The predicted octanol–water partition coefficient (Wildman–Crippen LogP) is 6.20. The topological polar surface area (TPSA) is 29.5 Å². The summed E-state index contributed by atoms with van der Waals surface area (Å²) in [7, 11) is 1.65. The van der Waals surface area contributed by atoms with Crippen LogP contribution in [-0.4, -0.2) is 17.9 Å². The molecule has 4 aromatic rings. The van der Waals surface area contributed by atoms with Gasteiger partial charge < -0.3 is 9.64 Å². The molecule has 3 nitrogen and oxygen atoms in total. The van der Waals surface area contributed by atoms with Crippen LogP contribution < -0.4 is 4.74 Å². The molecule has 0 atom stereocenters. The Bertz CT molecular complexity index is 1080. The van der Waals surface area contributed by atoms with Crippen molar-refractivity contribution in [3.63, 3.8) is 0 Å². The van der Waals surface area contributed by atoms with Gasteiger partial charge in [0, 0.05) is 18.7 Å². The first kappa shape index (κ1) is 20.4. The van der Waals surface area contributed by atoms with Gasteiger partial charge in [-0.3, -0.25) is 4.79 Å². The smallest absolute Gasteiger partial charge is 0.255 e. The maximum absolute atomic E-state index is 13.8. The number of benzene rings is 4. The molecule has 3 heteroatoms. The second kappa shape index (κ2) is 9.77. The Morgan fingerprint density at radius 1 is 0.677 bits per heavy atom. The van der Waals surface area contributed by atoms with Crippen LogP contribution in [0.3, 0.4) is 0 Å². The van der Waals surface area contributed by atoms with Gasteiger partial charge in [-0.25, -0.2) is 0 Å². The van der Waals surface area contributed by atoms with Crippen molar-refractivity contribution in [3.05, 3.63) is 126 Å². The van der Waals surface area contributed by atoms with Crippen molar-refractivity contribution in [3.8, 4) is 16.9 Å². The molecular weight excluding hydrogens is 382 g/mol. The van der Waals surface area contributed by atoms with Crippen LogP contribution in [0.1, 0.15) is 21.5 Å². The minimum absolute atomic E-state index is 0.0131. The van der Waals surface area contributed by atoms with Crippen molar-refractivity contribution < 1.29 is 9.53 Å². The molecule has 0 unspecified atom stereocenters. The molecule has 154 valence electrons. The standard InChI is InChI=1S/C28H25NO2/c1-31-25-18-16-24(17-19-25)26-14-8-9-15-27(26)28(30)29(20-22-10-4-2-5-11-22)21-23-12-6-3-7-13-23/h2-19H,20-21H2,1H3. The van der Waals surface area contributed by atoms with Crippen molar-refractivity contribution in [1.82, 2.24) is 4.90 Å². The first-order valence-corrected chi connectivity index (χ1v) is 10.3. The molecule has 0 aliphatic rings. The number of carbonyl (C=O) groups excluding carboxylic acids is 1. The van der Waals surface area contributed by atoms with E-state index >= 15 is 0 Å². The SMILES string of the molecule is COc1ccc(-c2ccccc2C(=O)N(Cc2ccccc2)Cc2ccccc2)cc1. The second-order valence-corrected chi connectivity index (χ2v) is 7.41. The molecule has 1 amide bonds. The first-order valence-electron chi connectivity index (χ1n) is 10.3. The molecule has 0 fully saturated rings. The van der Waals surface area contributed by atoms with Crippen LogP contribution in [0.15, 0.2) is 109 Å². The lowest BCUT2D eigenvalue weighted by Crippen LogP contribution is -2.30. The maximum atomic E-state index is 13.8. The zero-order chi connectivity index (χ0) is 21.5. The Labute approximate surface area is 183 Å². The Kier molecular flexibility index (Phi) is 6.44. The van der Waals surface area contributed by atoms with Gasteiger partial charge in [-0.15, -0.1) is 0 Å². The summed E-state index contributed by atoms with van der Waals surface area (Å²) >= 11 is 0. The molecule has 0 bridgehead atoms. The van der Waals surface area contributed by atoms with Gasteiger partial charge in [-0.05, 0) is 40.5 Å². The minimum atomic E-state index is 0.0131. The molecule has 4 aromatic carbocycles. The van der Waals surface area contributed by atoms with E-state index in [1.165, 1.54) is 0 Å². The van der Waals surface area contributed by atoms with Gasteiger partial charge >= 0.3 is 0 Å². The van der Waals surface area contributed by atoms with Gasteiger partial charge in [-0.1, -0.05) is 91.0 Å². The van der Waals surface area contributed by atoms with Crippen LogP contribution in [0, 0.1) is 0 Å². The monoisotopic (exact) mass is 407 g/mol. The summed E-state index contributed by atoms with van der Waals surface area (Å²) < 4.78 is 5.28. The molecule has 0 heterocycles. The van der Waals surface area contributed by atoms with Crippen LogP contribution in [0.5, 0.6) is 5.75 Å². The van der Waals surface area contributed by atoms with Crippen LogP contribution >= 0.6 is 0 Å². The number of ether oxygens (including phenoxy) is 1. The summed E-state index contributed by atoms with van der Waals surface area (Å²) in [4.78, 5) is 15.7. The third-order valence-electron chi connectivity index (χ3n) is 5.28. The fourth-order valence-electron chi connectivity index (χ4n) is 3.67. The van der Waals surface area contributed by atoms with Crippen molar-refractivity contribution in [2.24, 2.45) is 0 Å². The highest BCUT2D eigenvalue weighted by atomic mass is 16.5. The number of methoxy groups -OCH3 is 1. The van der Waals surface area contributed by atoms with Crippen LogP contribution in [0.4, 0.5) is 0 Å². The summed E-state index contributed by atoms with van der Waals surface area (Å²) in [5.74, 6) is 0.807. The van der Waals surface area contributed by atoms with E-state index in [-0.39, 0.29) is 5.91 Å².